The Morgan fingerprint density at radius 2 is 2.28 bits per heavy atom. The maximum absolute atomic E-state index is 12.1. The Labute approximate surface area is 109 Å². The number of anilines is 1. The Morgan fingerprint density at radius 1 is 1.56 bits per heavy atom. The number of nitrogens with zero attached hydrogens (tertiary/aromatic N) is 3. The molecular weight excluding hydrogens is 274 g/mol. The summed E-state index contributed by atoms with van der Waals surface area (Å²) in [6.45, 7) is 1.80. The molecule has 0 atom stereocenters. The van der Waals surface area contributed by atoms with Gasteiger partial charge in [0.15, 0.2) is 5.82 Å². The van der Waals surface area contributed by atoms with Crippen LogP contribution in [0.4, 0.5) is 5.82 Å². The van der Waals surface area contributed by atoms with E-state index in [-0.39, 0.29) is 17.3 Å². The highest BCUT2D eigenvalue weighted by Crippen LogP contribution is 2.21. The molecule has 0 aliphatic heterocycles. The Hall–Kier alpha value is -1.45. The van der Waals surface area contributed by atoms with Crippen molar-refractivity contribution in [3.05, 3.63) is 22.3 Å². The molecular formula is C9H13N5O2S2. The third-order valence-corrected chi connectivity index (χ3v) is 4.82. The zero-order chi connectivity index (χ0) is 13.3. The van der Waals surface area contributed by atoms with Crippen LogP contribution >= 0.6 is 11.3 Å². The first-order chi connectivity index (χ1) is 8.42. The van der Waals surface area contributed by atoms with Gasteiger partial charge < -0.3 is 5.73 Å². The summed E-state index contributed by atoms with van der Waals surface area (Å²) < 4.78 is 28.1. The molecule has 9 heteroatoms. The fourth-order valence-electron chi connectivity index (χ4n) is 1.52. The van der Waals surface area contributed by atoms with E-state index in [1.54, 1.807) is 25.5 Å². The molecule has 98 valence electrons. The number of nitrogen functional groups attached to an aromatic ring is 1. The van der Waals surface area contributed by atoms with Crippen molar-refractivity contribution >= 4 is 27.2 Å². The minimum absolute atomic E-state index is 0.00152. The van der Waals surface area contributed by atoms with Gasteiger partial charge in [-0.2, -0.15) is 5.10 Å². The fraction of sp³-hybridized carbons (Fsp3) is 0.333. The predicted molar refractivity (Wildman–Crippen MR) is 68.5 cm³/mol. The minimum Gasteiger partial charge on any atom is -0.381 e. The van der Waals surface area contributed by atoms with E-state index in [0.717, 1.165) is 0 Å². The summed E-state index contributed by atoms with van der Waals surface area (Å²) in [4.78, 5) is 4.03. The summed E-state index contributed by atoms with van der Waals surface area (Å²) in [5.41, 5.74) is 6.11. The molecule has 2 aromatic rings. The number of rotatable bonds is 4. The molecule has 2 heterocycles. The molecule has 0 fully saturated rings. The highest BCUT2D eigenvalue weighted by Gasteiger charge is 2.24. The van der Waals surface area contributed by atoms with Crippen molar-refractivity contribution in [3.8, 4) is 0 Å². The van der Waals surface area contributed by atoms with Crippen LogP contribution in [-0.4, -0.2) is 23.2 Å². The molecule has 0 saturated carbocycles. The Morgan fingerprint density at radius 3 is 2.78 bits per heavy atom. The number of aromatic nitrogens is 3. The zero-order valence-electron chi connectivity index (χ0n) is 9.91. The van der Waals surface area contributed by atoms with Crippen LogP contribution in [0.5, 0.6) is 0 Å². The topological polar surface area (TPSA) is 103 Å². The van der Waals surface area contributed by atoms with Gasteiger partial charge in [0.05, 0.1) is 12.2 Å². The minimum atomic E-state index is -3.67. The van der Waals surface area contributed by atoms with Crippen molar-refractivity contribution in [1.29, 1.82) is 0 Å². The molecule has 2 rings (SSSR count). The van der Waals surface area contributed by atoms with Crippen molar-refractivity contribution in [3.63, 3.8) is 0 Å². The molecule has 3 N–H and O–H groups in total. The van der Waals surface area contributed by atoms with Gasteiger partial charge in [-0.3, -0.25) is 4.68 Å². The molecule has 0 aliphatic carbocycles. The van der Waals surface area contributed by atoms with Crippen molar-refractivity contribution in [2.75, 3.05) is 5.73 Å². The van der Waals surface area contributed by atoms with E-state index in [2.05, 4.69) is 14.8 Å². The van der Waals surface area contributed by atoms with Crippen molar-refractivity contribution < 1.29 is 8.42 Å². The Bertz CT molecular complexity index is 645. The van der Waals surface area contributed by atoms with Crippen LogP contribution in [0.2, 0.25) is 0 Å². The Balaban J connectivity index is 2.26. The van der Waals surface area contributed by atoms with Crippen LogP contribution in [0, 0.1) is 6.92 Å². The van der Waals surface area contributed by atoms with E-state index in [4.69, 9.17) is 5.73 Å². The molecule has 0 aromatic carbocycles. The number of hydrogen-bond donors (Lipinski definition) is 2. The number of aryl methyl sites for hydroxylation is 1. The van der Waals surface area contributed by atoms with E-state index >= 15 is 0 Å². The Kier molecular flexibility index (Phi) is 3.37. The van der Waals surface area contributed by atoms with E-state index in [1.165, 1.54) is 16.0 Å². The monoisotopic (exact) mass is 287 g/mol. The van der Waals surface area contributed by atoms with Crippen LogP contribution in [-0.2, 0) is 23.6 Å². The number of sulfonamides is 1. The highest BCUT2D eigenvalue weighted by atomic mass is 32.2. The molecule has 0 spiro atoms. The lowest BCUT2D eigenvalue weighted by Crippen LogP contribution is -2.24. The van der Waals surface area contributed by atoms with Gasteiger partial charge in [0.2, 0.25) is 10.0 Å². The molecule has 18 heavy (non-hydrogen) atoms. The third kappa shape index (κ3) is 2.37. The zero-order valence-corrected chi connectivity index (χ0v) is 11.5. The summed E-state index contributed by atoms with van der Waals surface area (Å²) in [5, 5.41) is 6.36. The molecule has 0 aliphatic rings. The second kappa shape index (κ2) is 4.67. The largest absolute Gasteiger partial charge is 0.381 e. The number of nitrogens with two attached hydrogens (primary N) is 1. The third-order valence-electron chi connectivity index (χ3n) is 2.47. The fourth-order valence-corrected chi connectivity index (χ4v) is 3.47. The van der Waals surface area contributed by atoms with Gasteiger partial charge in [-0.25, -0.2) is 18.1 Å². The van der Waals surface area contributed by atoms with E-state index < -0.39 is 10.0 Å². The van der Waals surface area contributed by atoms with Crippen molar-refractivity contribution in [2.45, 2.75) is 18.4 Å². The average molecular weight is 287 g/mol. The summed E-state index contributed by atoms with van der Waals surface area (Å²) in [6, 6.07) is 0. The summed E-state index contributed by atoms with van der Waals surface area (Å²) in [6.07, 6.45) is 1.62. The molecule has 7 nitrogen and oxygen atoms in total. The van der Waals surface area contributed by atoms with Crippen LogP contribution in [0.3, 0.4) is 0 Å². The lowest BCUT2D eigenvalue weighted by Gasteiger charge is -2.05. The lowest BCUT2D eigenvalue weighted by atomic mass is 10.5. The predicted octanol–water partition coefficient (Wildman–Crippen LogP) is 0.246. The van der Waals surface area contributed by atoms with Crippen LogP contribution < -0.4 is 10.5 Å². The standard InChI is InChI=1S/C9H13N5O2S2/c1-6-8(9(10)13-14(6)2)18(15,16)12-5-7-11-3-4-17-7/h3-4,12H,5H2,1-2H3,(H2,10,13). The highest BCUT2D eigenvalue weighted by molar-refractivity contribution is 7.89. The van der Waals surface area contributed by atoms with Crippen LogP contribution in [0.15, 0.2) is 16.5 Å². The molecule has 0 saturated heterocycles. The summed E-state index contributed by atoms with van der Waals surface area (Å²) in [7, 11) is -2.02. The first-order valence-electron chi connectivity index (χ1n) is 5.09. The molecule has 0 unspecified atom stereocenters. The van der Waals surface area contributed by atoms with Gasteiger partial charge in [-0.05, 0) is 6.92 Å². The summed E-state index contributed by atoms with van der Waals surface area (Å²) >= 11 is 1.38. The SMILES string of the molecule is Cc1c(S(=O)(=O)NCc2nccs2)c(N)nn1C. The van der Waals surface area contributed by atoms with Crippen molar-refractivity contribution in [2.24, 2.45) is 7.05 Å². The van der Waals surface area contributed by atoms with Crippen LogP contribution in [0.1, 0.15) is 10.7 Å². The second-order valence-corrected chi connectivity index (χ2v) is 6.36. The van der Waals surface area contributed by atoms with Crippen LogP contribution in [0.25, 0.3) is 0 Å². The second-order valence-electron chi connectivity index (χ2n) is 3.67. The van der Waals surface area contributed by atoms with E-state index in [9.17, 15) is 8.42 Å². The molecule has 2 aromatic heterocycles. The van der Waals surface area contributed by atoms with Crippen molar-refractivity contribution in [1.82, 2.24) is 19.5 Å². The van der Waals surface area contributed by atoms with E-state index in [1.807, 2.05) is 0 Å². The van der Waals surface area contributed by atoms with Gasteiger partial charge in [0.1, 0.15) is 9.90 Å². The van der Waals surface area contributed by atoms with Gasteiger partial charge in [0.25, 0.3) is 0 Å². The number of nitrogens with one attached hydrogen (secondary N) is 1. The van der Waals surface area contributed by atoms with Gasteiger partial charge in [-0.1, -0.05) is 0 Å². The smallest absolute Gasteiger partial charge is 0.246 e. The van der Waals surface area contributed by atoms with Gasteiger partial charge >= 0.3 is 0 Å². The average Bonchev–Trinajstić information content (AvgIpc) is 2.86. The van der Waals surface area contributed by atoms with Gasteiger partial charge in [0, 0.05) is 18.6 Å². The lowest BCUT2D eigenvalue weighted by molar-refractivity contribution is 0.580. The normalized spacial score (nSPS) is 11.9. The molecule has 0 radical (unpaired) electrons. The first-order valence-corrected chi connectivity index (χ1v) is 7.45. The number of hydrogen-bond acceptors (Lipinski definition) is 6. The van der Waals surface area contributed by atoms with E-state index in [0.29, 0.717) is 10.7 Å². The maximum Gasteiger partial charge on any atom is 0.246 e. The first kappa shape index (κ1) is 13.0. The summed E-state index contributed by atoms with van der Waals surface area (Å²) in [5.74, 6) is 0.00152. The maximum atomic E-state index is 12.1. The molecule has 0 bridgehead atoms. The molecule has 0 amide bonds. The van der Waals surface area contributed by atoms with Gasteiger partial charge in [-0.15, -0.1) is 11.3 Å². The quantitative estimate of drug-likeness (QED) is 0.839. The number of thiazole rings is 1.